The van der Waals surface area contributed by atoms with Gasteiger partial charge in [0.1, 0.15) is 0 Å². The van der Waals surface area contributed by atoms with Crippen molar-refractivity contribution in [3.8, 4) is 54.6 Å². The van der Waals surface area contributed by atoms with Gasteiger partial charge in [-0.2, -0.15) is 0 Å². The number of aryl methyl sites for hydroxylation is 1. The van der Waals surface area contributed by atoms with Gasteiger partial charge in [-0.05, 0) is 55.3 Å². The zero-order valence-corrected chi connectivity index (χ0v) is 43.1. The molecule has 0 saturated carbocycles. The van der Waals surface area contributed by atoms with Gasteiger partial charge in [0.05, 0.1) is 0 Å². The average Bonchev–Trinajstić information content (AvgIpc) is 4.18. The molecule has 0 unspecified atom stereocenters. The predicted molar refractivity (Wildman–Crippen MR) is 271 cm³/mol. The summed E-state index contributed by atoms with van der Waals surface area (Å²) in [4.78, 5) is 17.7. The number of nitriles is 3. The Morgan fingerprint density at radius 2 is 0.746 bits per heavy atom. The van der Waals surface area contributed by atoms with Crippen LogP contribution < -0.4 is 0 Å². The molecule has 4 aromatic heterocycles. The summed E-state index contributed by atoms with van der Waals surface area (Å²) in [5, 5.41) is 30.3. The summed E-state index contributed by atoms with van der Waals surface area (Å²) in [6.45, 7) is 2.27. The van der Waals surface area contributed by atoms with Crippen molar-refractivity contribution in [3.63, 3.8) is 0 Å². The fourth-order valence-corrected chi connectivity index (χ4v) is 15.0. The van der Waals surface area contributed by atoms with E-state index in [1.807, 2.05) is 45.3 Å². The number of benzene rings is 4. The molecule has 0 radical (unpaired) electrons. The van der Waals surface area contributed by atoms with E-state index in [0.717, 1.165) is 38.2 Å². The normalized spacial score (nSPS) is 11.3. The summed E-state index contributed by atoms with van der Waals surface area (Å²) >= 11 is 7.26. The van der Waals surface area contributed by atoms with Crippen LogP contribution in [-0.2, 0) is 27.8 Å². The first-order chi connectivity index (χ1) is 31.0. The van der Waals surface area contributed by atoms with Crippen molar-refractivity contribution in [3.05, 3.63) is 189 Å². The van der Waals surface area contributed by atoms with Gasteiger partial charge in [0.2, 0.25) is 0 Å². The number of thiophene rings is 4. The fraction of sp³-hybridized carbons (Fsp3) is 0.189. The zero-order valence-electron chi connectivity index (χ0n) is 34.7. The smallest absolute Gasteiger partial charge is 0.139 e. The molecule has 3 nitrogen and oxygen atoms in total. The molecule has 0 bridgehead atoms. The van der Waals surface area contributed by atoms with Crippen LogP contribution in [-0.4, -0.2) is 44.9 Å². The molecule has 8 aromatic rings. The molecule has 10 heteroatoms. The van der Waals surface area contributed by atoms with E-state index in [4.69, 9.17) is 0 Å². The van der Waals surface area contributed by atoms with E-state index in [1.54, 1.807) is 0 Å². The minimum Gasteiger partial charge on any atom is -0.139 e. The maximum atomic E-state index is 9.33. The Balaban J connectivity index is 1.10. The first-order valence-corrected chi connectivity index (χ1v) is 30.3. The molecule has 0 amide bonds. The monoisotopic (exact) mass is 1090 g/mol. The predicted octanol–water partition coefficient (Wildman–Crippen LogP) is 14.2. The van der Waals surface area contributed by atoms with Gasteiger partial charge in [-0.3, -0.25) is 0 Å². The van der Waals surface area contributed by atoms with Crippen molar-refractivity contribution in [2.45, 2.75) is 60.4 Å². The summed E-state index contributed by atoms with van der Waals surface area (Å²) in [6, 6.07) is 53.9. The van der Waals surface area contributed by atoms with Crippen LogP contribution in [0.25, 0.3) is 39.7 Å². The minimum absolute atomic E-state index is 0.0977. The van der Waals surface area contributed by atoms with E-state index >= 15 is 0 Å². The van der Waals surface area contributed by atoms with E-state index < -0.39 is 5.41 Å². The quantitative estimate of drug-likeness (QED) is 0.0460. The Bertz CT molecular complexity index is 2720. The van der Waals surface area contributed by atoms with Crippen LogP contribution in [0.4, 0.5) is 0 Å². The van der Waals surface area contributed by atoms with Crippen LogP contribution in [0.1, 0.15) is 76.4 Å². The SMILES string of the molecule is CCCCCCc1ccc(-c2ccc(-c3ccc(-c4ccc(-c5ccc(C(c6ccc(C[Se]C#N)cc6)(c6ccc(C[Se]C#N)cc6)c6ccc(C[Se]C#N)cc6)cc5)s4)s3)s2)s1. The Labute approximate surface area is 406 Å². The standard InChI is InChI=1S/C53H43N3S4Se3/c1-2-3-4-5-6-45-23-24-47(57-45)48-27-28-51(59-48)52-30-29-50(60-52)49-26-25-46(58-49)40-13-21-44(22-14-40)53(41-15-7-37(8-16-41)31-61-34-54,42-17-9-38(10-18-42)32-62-35-55)43-19-11-39(12-20-43)33-63-36-56/h7-30H,2-6,31-33H2,1H3. The van der Waals surface area contributed by atoms with Crippen molar-refractivity contribution in [1.82, 2.24) is 0 Å². The van der Waals surface area contributed by atoms with Crippen LogP contribution in [0.15, 0.2) is 146 Å². The van der Waals surface area contributed by atoms with E-state index in [2.05, 4.69) is 167 Å². The third-order valence-electron chi connectivity index (χ3n) is 11.2. The summed E-state index contributed by atoms with van der Waals surface area (Å²) < 4.78 is 0. The molecule has 0 fully saturated rings. The molecule has 4 aromatic carbocycles. The molecule has 63 heavy (non-hydrogen) atoms. The zero-order chi connectivity index (χ0) is 43.4. The topological polar surface area (TPSA) is 71.4 Å². The van der Waals surface area contributed by atoms with Crippen LogP contribution in [0.3, 0.4) is 0 Å². The first-order valence-electron chi connectivity index (χ1n) is 20.8. The van der Waals surface area contributed by atoms with Gasteiger partial charge in [-0.1, -0.05) is 26.2 Å². The van der Waals surface area contributed by atoms with Crippen molar-refractivity contribution in [2.75, 3.05) is 0 Å². The second-order valence-electron chi connectivity index (χ2n) is 15.1. The van der Waals surface area contributed by atoms with Crippen LogP contribution in [0.5, 0.6) is 0 Å². The van der Waals surface area contributed by atoms with E-state index in [1.165, 1.54) is 93.4 Å². The number of hydrogen-bond donors (Lipinski definition) is 0. The molecule has 0 spiro atoms. The molecule has 0 aliphatic carbocycles. The molecule has 0 aliphatic heterocycles. The second kappa shape index (κ2) is 22.1. The summed E-state index contributed by atoms with van der Waals surface area (Å²) in [7, 11) is 0. The van der Waals surface area contributed by atoms with E-state index in [0.29, 0.717) is 0 Å². The van der Waals surface area contributed by atoms with Gasteiger partial charge in [-0.15, -0.1) is 34.0 Å². The summed E-state index contributed by atoms with van der Waals surface area (Å²) in [6.07, 6.45) is 6.39. The number of rotatable bonds is 19. The Morgan fingerprint density at radius 3 is 1.14 bits per heavy atom. The molecule has 4 heterocycles. The number of unbranched alkanes of at least 4 members (excludes halogenated alkanes) is 3. The van der Waals surface area contributed by atoms with Crippen molar-refractivity contribution < 1.29 is 0 Å². The van der Waals surface area contributed by atoms with Gasteiger partial charge in [0.15, 0.2) is 0 Å². The molecular weight excluding hydrogens is 1040 g/mol. The van der Waals surface area contributed by atoms with Gasteiger partial charge in [0.25, 0.3) is 0 Å². The molecule has 8 rings (SSSR count). The molecule has 0 saturated heterocycles. The minimum atomic E-state index is -0.648. The van der Waals surface area contributed by atoms with Crippen molar-refractivity contribution in [2.24, 2.45) is 0 Å². The van der Waals surface area contributed by atoms with Gasteiger partial charge in [-0.25, -0.2) is 0 Å². The van der Waals surface area contributed by atoms with Gasteiger partial charge < -0.3 is 0 Å². The molecule has 312 valence electrons. The average molecular weight is 1090 g/mol. The Morgan fingerprint density at radius 1 is 0.397 bits per heavy atom. The van der Waals surface area contributed by atoms with Gasteiger partial charge in [0, 0.05) is 34.1 Å². The first kappa shape index (κ1) is 45.3. The van der Waals surface area contributed by atoms with E-state index in [9.17, 15) is 15.8 Å². The molecule has 0 aliphatic rings. The number of nitrogens with zero attached hydrogens (tertiary/aromatic N) is 3. The maximum absolute atomic E-state index is 9.33. The second-order valence-corrected chi connectivity index (χ2v) is 24.3. The Hall–Kier alpha value is -4.29. The fourth-order valence-electron chi connectivity index (χ4n) is 7.99. The van der Waals surface area contributed by atoms with Crippen molar-refractivity contribution >= 4 is 90.2 Å². The van der Waals surface area contributed by atoms with Crippen LogP contribution in [0.2, 0.25) is 0 Å². The summed E-state index contributed by atoms with van der Waals surface area (Å²) in [5.74, 6) is 0. The Kier molecular flexibility index (Phi) is 15.9. The molecular formula is C53H43N3S4Se3. The van der Waals surface area contributed by atoms with Crippen molar-refractivity contribution in [1.29, 1.82) is 15.8 Å². The van der Waals surface area contributed by atoms with Crippen LogP contribution >= 0.6 is 45.3 Å². The third-order valence-corrected chi connectivity index (χ3v) is 20.0. The van der Waals surface area contributed by atoms with Crippen LogP contribution in [0, 0.1) is 30.7 Å². The van der Waals surface area contributed by atoms with Gasteiger partial charge >= 0.3 is 261 Å². The third kappa shape index (κ3) is 10.6. The number of hydrogen-bond acceptors (Lipinski definition) is 7. The summed E-state index contributed by atoms with van der Waals surface area (Å²) in [5.41, 5.74) is 8.63. The van der Waals surface area contributed by atoms with E-state index in [-0.39, 0.29) is 44.9 Å². The molecule has 0 N–H and O–H groups in total. The molecule has 0 atom stereocenters.